The molecule has 0 bridgehead atoms. The highest BCUT2D eigenvalue weighted by molar-refractivity contribution is 6.31. The Morgan fingerprint density at radius 1 is 1.04 bits per heavy atom. The van der Waals surface area contributed by atoms with Crippen LogP contribution in [0.4, 0.5) is 0 Å². The second kappa shape index (κ2) is 6.01. The first-order valence-corrected chi connectivity index (χ1v) is 8.74. The predicted molar refractivity (Wildman–Crippen MR) is 92.6 cm³/mol. The molecule has 2 aliphatic carbocycles. The van der Waals surface area contributed by atoms with Crippen LogP contribution in [0.2, 0.25) is 5.02 Å². The van der Waals surface area contributed by atoms with E-state index in [1.807, 2.05) is 24.3 Å². The lowest BCUT2D eigenvalue weighted by molar-refractivity contribution is -0.123. The van der Waals surface area contributed by atoms with Crippen LogP contribution >= 0.6 is 11.6 Å². The lowest BCUT2D eigenvalue weighted by Crippen LogP contribution is -2.32. The van der Waals surface area contributed by atoms with Crippen molar-refractivity contribution >= 4 is 17.5 Å². The molecular weight excluding hydrogens is 306 g/mol. The van der Waals surface area contributed by atoms with Crippen LogP contribution in [0.5, 0.6) is 0 Å². The summed E-state index contributed by atoms with van der Waals surface area (Å²) >= 11 is 6.26. The minimum absolute atomic E-state index is 0.0731. The number of hydrogen-bond donors (Lipinski definition) is 1. The van der Waals surface area contributed by atoms with Crippen molar-refractivity contribution < 1.29 is 4.79 Å². The summed E-state index contributed by atoms with van der Waals surface area (Å²) in [5.41, 5.74) is 3.78. The molecule has 3 atom stereocenters. The van der Waals surface area contributed by atoms with Gasteiger partial charge in [-0.2, -0.15) is 0 Å². The fourth-order valence-corrected chi connectivity index (χ4v) is 4.06. The fourth-order valence-electron chi connectivity index (χ4n) is 3.79. The summed E-state index contributed by atoms with van der Waals surface area (Å²) in [5.74, 6) is 0.531. The molecule has 2 aliphatic rings. The van der Waals surface area contributed by atoms with Crippen LogP contribution in [0.3, 0.4) is 0 Å². The van der Waals surface area contributed by atoms with Crippen LogP contribution in [0.25, 0.3) is 0 Å². The molecule has 1 N–H and O–H groups in total. The Labute approximate surface area is 141 Å². The van der Waals surface area contributed by atoms with Gasteiger partial charge in [-0.25, -0.2) is 0 Å². The first kappa shape index (κ1) is 14.8. The van der Waals surface area contributed by atoms with Gasteiger partial charge in [0.25, 0.3) is 0 Å². The monoisotopic (exact) mass is 325 g/mol. The van der Waals surface area contributed by atoms with Crippen molar-refractivity contribution in [2.24, 2.45) is 5.92 Å². The van der Waals surface area contributed by atoms with Crippen LogP contribution in [-0.2, 0) is 11.2 Å². The van der Waals surface area contributed by atoms with Crippen LogP contribution < -0.4 is 5.32 Å². The third-order valence-corrected chi connectivity index (χ3v) is 5.46. The Kier molecular flexibility index (Phi) is 3.86. The highest BCUT2D eigenvalue weighted by atomic mass is 35.5. The molecule has 3 unspecified atom stereocenters. The Morgan fingerprint density at radius 3 is 2.61 bits per heavy atom. The maximum atomic E-state index is 12.6. The Morgan fingerprint density at radius 2 is 1.78 bits per heavy atom. The van der Waals surface area contributed by atoms with E-state index in [2.05, 4.69) is 29.6 Å². The molecular formula is C20H20ClNO. The number of carbonyl (C=O) groups excluding carboxylic acids is 1. The van der Waals surface area contributed by atoms with E-state index in [4.69, 9.17) is 11.6 Å². The normalized spacial score (nSPS) is 25.5. The highest BCUT2D eigenvalue weighted by Crippen LogP contribution is 2.50. The van der Waals surface area contributed by atoms with Gasteiger partial charge in [-0.3, -0.25) is 4.79 Å². The minimum atomic E-state index is 0.0731. The lowest BCUT2D eigenvalue weighted by Gasteiger charge is -2.26. The van der Waals surface area contributed by atoms with E-state index in [9.17, 15) is 4.79 Å². The van der Waals surface area contributed by atoms with E-state index >= 15 is 0 Å². The Balaban J connectivity index is 1.45. The summed E-state index contributed by atoms with van der Waals surface area (Å²) in [7, 11) is 0. The molecule has 0 aliphatic heterocycles. The van der Waals surface area contributed by atoms with Crippen molar-refractivity contribution in [3.63, 3.8) is 0 Å². The first-order chi connectivity index (χ1) is 11.2. The predicted octanol–water partition coefficient (Wildman–Crippen LogP) is 4.64. The fraction of sp³-hybridized carbons (Fsp3) is 0.350. The topological polar surface area (TPSA) is 29.1 Å². The molecule has 0 spiro atoms. The first-order valence-electron chi connectivity index (χ1n) is 8.36. The second-order valence-corrected chi connectivity index (χ2v) is 7.03. The third kappa shape index (κ3) is 2.88. The SMILES string of the molecule is O=C(NC1CCCc2ccccc21)C1CC1c1ccccc1Cl. The smallest absolute Gasteiger partial charge is 0.224 e. The quantitative estimate of drug-likeness (QED) is 0.875. The number of benzene rings is 2. The number of hydrogen-bond acceptors (Lipinski definition) is 1. The van der Waals surface area contributed by atoms with Crippen LogP contribution in [0, 0.1) is 5.92 Å². The zero-order valence-corrected chi connectivity index (χ0v) is 13.7. The molecule has 0 radical (unpaired) electrons. The standard InChI is InChI=1S/C20H20ClNO/c21-18-10-4-3-9-15(18)16-12-17(16)20(23)22-19-11-5-7-13-6-1-2-8-14(13)19/h1-4,6,8-10,16-17,19H,5,7,11-12H2,(H,22,23). The van der Waals surface area contributed by atoms with Gasteiger partial charge in [-0.05, 0) is 54.4 Å². The summed E-state index contributed by atoms with van der Waals surface area (Å²) in [6.45, 7) is 0. The third-order valence-electron chi connectivity index (χ3n) is 5.12. The van der Waals surface area contributed by atoms with Crippen LogP contribution in [0.1, 0.15) is 47.9 Å². The highest BCUT2D eigenvalue weighted by Gasteiger charge is 2.45. The zero-order chi connectivity index (χ0) is 15.8. The average molecular weight is 326 g/mol. The number of rotatable bonds is 3. The van der Waals surface area contributed by atoms with E-state index in [0.29, 0.717) is 0 Å². The molecule has 4 rings (SSSR count). The van der Waals surface area contributed by atoms with Crippen molar-refractivity contribution in [3.05, 3.63) is 70.2 Å². The van der Waals surface area contributed by atoms with E-state index in [0.717, 1.165) is 36.3 Å². The van der Waals surface area contributed by atoms with E-state index in [-0.39, 0.29) is 23.8 Å². The molecule has 0 aromatic heterocycles. The Bertz CT molecular complexity index is 742. The van der Waals surface area contributed by atoms with Gasteiger partial charge in [0.2, 0.25) is 5.91 Å². The van der Waals surface area contributed by atoms with E-state index in [1.54, 1.807) is 0 Å². The van der Waals surface area contributed by atoms with Gasteiger partial charge in [-0.1, -0.05) is 54.1 Å². The van der Waals surface area contributed by atoms with Crippen LogP contribution in [-0.4, -0.2) is 5.91 Å². The summed E-state index contributed by atoms with van der Waals surface area (Å²) in [5, 5.41) is 4.05. The molecule has 2 nitrogen and oxygen atoms in total. The molecule has 0 saturated heterocycles. The molecule has 0 heterocycles. The molecule has 3 heteroatoms. The lowest BCUT2D eigenvalue weighted by atomic mass is 9.87. The van der Waals surface area contributed by atoms with Gasteiger partial charge in [0, 0.05) is 10.9 Å². The number of carbonyl (C=O) groups is 1. The number of aryl methyl sites for hydroxylation is 1. The van der Waals surface area contributed by atoms with Gasteiger partial charge in [-0.15, -0.1) is 0 Å². The maximum Gasteiger partial charge on any atom is 0.224 e. The number of amides is 1. The molecule has 1 amide bonds. The van der Waals surface area contributed by atoms with Crippen molar-refractivity contribution in [3.8, 4) is 0 Å². The number of halogens is 1. The van der Waals surface area contributed by atoms with Gasteiger partial charge < -0.3 is 5.32 Å². The van der Waals surface area contributed by atoms with Crippen molar-refractivity contribution in [1.29, 1.82) is 0 Å². The molecule has 23 heavy (non-hydrogen) atoms. The van der Waals surface area contributed by atoms with Crippen molar-refractivity contribution in [1.82, 2.24) is 5.32 Å². The number of nitrogens with one attached hydrogen (secondary N) is 1. The maximum absolute atomic E-state index is 12.6. The van der Waals surface area contributed by atoms with Gasteiger partial charge in [0.15, 0.2) is 0 Å². The van der Waals surface area contributed by atoms with Crippen LogP contribution in [0.15, 0.2) is 48.5 Å². The van der Waals surface area contributed by atoms with E-state index in [1.165, 1.54) is 11.1 Å². The van der Waals surface area contributed by atoms with Gasteiger partial charge >= 0.3 is 0 Å². The molecule has 1 saturated carbocycles. The molecule has 1 fully saturated rings. The summed E-state index contributed by atoms with van der Waals surface area (Å²) in [6, 6.07) is 16.5. The van der Waals surface area contributed by atoms with Crippen molar-refractivity contribution in [2.75, 3.05) is 0 Å². The minimum Gasteiger partial charge on any atom is -0.349 e. The molecule has 2 aromatic carbocycles. The molecule has 118 valence electrons. The van der Waals surface area contributed by atoms with Gasteiger partial charge in [0.1, 0.15) is 0 Å². The van der Waals surface area contributed by atoms with Crippen molar-refractivity contribution in [2.45, 2.75) is 37.6 Å². The molecule has 2 aromatic rings. The zero-order valence-electron chi connectivity index (χ0n) is 13.0. The van der Waals surface area contributed by atoms with E-state index < -0.39 is 0 Å². The summed E-state index contributed by atoms with van der Waals surface area (Å²) in [4.78, 5) is 12.6. The Hall–Kier alpha value is -1.80. The average Bonchev–Trinajstić information content (AvgIpc) is 3.36. The number of fused-ring (bicyclic) bond motifs is 1. The largest absolute Gasteiger partial charge is 0.349 e. The summed E-state index contributed by atoms with van der Waals surface area (Å²) < 4.78 is 0. The summed E-state index contributed by atoms with van der Waals surface area (Å²) in [6.07, 6.45) is 4.20. The van der Waals surface area contributed by atoms with Gasteiger partial charge in [0.05, 0.1) is 6.04 Å². The second-order valence-electron chi connectivity index (χ2n) is 6.62.